The number of piperazine rings is 1. The number of carbonyl (C=O) groups is 2. The molecule has 2 aromatic rings. The first-order valence-corrected chi connectivity index (χ1v) is 10.3. The van der Waals surface area contributed by atoms with Gasteiger partial charge in [0.15, 0.2) is 0 Å². The summed E-state index contributed by atoms with van der Waals surface area (Å²) in [7, 11) is 0. The molecule has 0 bridgehead atoms. The van der Waals surface area contributed by atoms with Crippen molar-refractivity contribution in [1.82, 2.24) is 19.7 Å². The molecule has 2 fully saturated rings. The van der Waals surface area contributed by atoms with Crippen LogP contribution in [0, 0.1) is 0 Å². The van der Waals surface area contributed by atoms with E-state index in [9.17, 15) is 9.59 Å². The van der Waals surface area contributed by atoms with Gasteiger partial charge in [0.2, 0.25) is 5.91 Å². The number of carbonyl (C=O) groups excluding carboxylic acids is 2. The van der Waals surface area contributed by atoms with Crippen LogP contribution < -0.4 is 0 Å². The smallest absolute Gasteiger partial charge is 0.264 e. The van der Waals surface area contributed by atoms with Gasteiger partial charge < -0.3 is 9.80 Å². The third kappa shape index (κ3) is 4.04. The molecule has 142 valence electrons. The summed E-state index contributed by atoms with van der Waals surface area (Å²) in [6.45, 7) is 4.73. The summed E-state index contributed by atoms with van der Waals surface area (Å²) >= 11 is 1.44. The molecule has 2 amide bonds. The predicted molar refractivity (Wildman–Crippen MR) is 104 cm³/mol. The van der Waals surface area contributed by atoms with Crippen molar-refractivity contribution < 1.29 is 9.59 Å². The highest BCUT2D eigenvalue weighted by Gasteiger charge is 2.37. The highest BCUT2D eigenvalue weighted by molar-refractivity contribution is 7.12. The van der Waals surface area contributed by atoms with Crippen molar-refractivity contribution in [2.45, 2.75) is 25.4 Å². The number of pyridine rings is 1. The molecule has 2 aromatic heterocycles. The van der Waals surface area contributed by atoms with Crippen LogP contribution in [0.25, 0.3) is 0 Å². The van der Waals surface area contributed by atoms with Gasteiger partial charge in [-0.2, -0.15) is 0 Å². The van der Waals surface area contributed by atoms with E-state index in [0.717, 1.165) is 50.4 Å². The van der Waals surface area contributed by atoms with Gasteiger partial charge >= 0.3 is 0 Å². The average Bonchev–Trinajstić information content (AvgIpc) is 3.40. The molecule has 0 N–H and O–H groups in total. The molecule has 1 atom stereocenters. The molecule has 27 heavy (non-hydrogen) atoms. The molecule has 0 aliphatic carbocycles. The Morgan fingerprint density at radius 2 is 1.85 bits per heavy atom. The molecule has 0 saturated carbocycles. The summed E-state index contributed by atoms with van der Waals surface area (Å²) < 4.78 is 0. The van der Waals surface area contributed by atoms with E-state index >= 15 is 0 Å². The van der Waals surface area contributed by atoms with Gasteiger partial charge in [-0.05, 0) is 42.0 Å². The maximum absolute atomic E-state index is 13.1. The Morgan fingerprint density at radius 3 is 2.56 bits per heavy atom. The van der Waals surface area contributed by atoms with E-state index in [1.54, 1.807) is 4.90 Å². The van der Waals surface area contributed by atoms with Crippen LogP contribution in [0.2, 0.25) is 0 Å². The Kier molecular flexibility index (Phi) is 5.50. The monoisotopic (exact) mass is 384 g/mol. The molecule has 2 aliphatic heterocycles. The summed E-state index contributed by atoms with van der Waals surface area (Å²) in [6, 6.07) is 7.48. The van der Waals surface area contributed by atoms with E-state index in [0.29, 0.717) is 6.54 Å². The van der Waals surface area contributed by atoms with Crippen LogP contribution in [-0.2, 0) is 11.3 Å². The molecule has 7 heteroatoms. The number of nitrogens with zero attached hydrogens (tertiary/aromatic N) is 4. The maximum atomic E-state index is 13.1. The summed E-state index contributed by atoms with van der Waals surface area (Å²) in [5, 5.41) is 1.90. The average molecular weight is 385 g/mol. The SMILES string of the molecule is O=C(C1CCCN1C(=O)c1cccs1)N1CCN(Cc2ccncc2)CC1. The first kappa shape index (κ1) is 18.1. The molecule has 0 aromatic carbocycles. The lowest BCUT2D eigenvalue weighted by Gasteiger charge is -2.37. The summed E-state index contributed by atoms with van der Waals surface area (Å²) in [5.74, 6) is 0.109. The van der Waals surface area contributed by atoms with Crippen LogP contribution in [0.3, 0.4) is 0 Å². The van der Waals surface area contributed by atoms with Gasteiger partial charge in [-0.25, -0.2) is 0 Å². The number of aromatic nitrogens is 1. The van der Waals surface area contributed by atoms with Gasteiger partial charge in [0.05, 0.1) is 4.88 Å². The highest BCUT2D eigenvalue weighted by Crippen LogP contribution is 2.24. The van der Waals surface area contributed by atoms with Crippen LogP contribution in [0.15, 0.2) is 42.0 Å². The van der Waals surface area contributed by atoms with Crippen molar-refractivity contribution in [1.29, 1.82) is 0 Å². The number of amides is 2. The van der Waals surface area contributed by atoms with E-state index in [-0.39, 0.29) is 17.9 Å². The number of thiophene rings is 1. The molecule has 4 heterocycles. The lowest BCUT2D eigenvalue weighted by molar-refractivity contribution is -0.137. The number of likely N-dealkylation sites (tertiary alicyclic amines) is 1. The number of hydrogen-bond donors (Lipinski definition) is 0. The first-order valence-electron chi connectivity index (χ1n) is 9.47. The van der Waals surface area contributed by atoms with Crippen LogP contribution >= 0.6 is 11.3 Å². The largest absolute Gasteiger partial charge is 0.338 e. The predicted octanol–water partition coefficient (Wildman–Crippen LogP) is 2.09. The fourth-order valence-corrected chi connectivity index (χ4v) is 4.57. The number of hydrogen-bond acceptors (Lipinski definition) is 5. The topological polar surface area (TPSA) is 56.8 Å². The van der Waals surface area contributed by atoms with Crippen molar-refractivity contribution >= 4 is 23.2 Å². The van der Waals surface area contributed by atoms with Crippen molar-refractivity contribution in [3.8, 4) is 0 Å². The second-order valence-corrected chi connectivity index (χ2v) is 8.04. The van der Waals surface area contributed by atoms with Crippen LogP contribution in [0.4, 0.5) is 0 Å². The Hall–Kier alpha value is -2.25. The molecule has 2 saturated heterocycles. The Morgan fingerprint density at radius 1 is 1.07 bits per heavy atom. The standard InChI is InChI=1S/C20H24N4O2S/c25-19(17-3-1-9-24(17)20(26)18-4-2-14-27-18)23-12-10-22(11-13-23)15-16-5-7-21-8-6-16/h2,4-8,14,17H,1,3,9-13,15H2. The molecule has 0 radical (unpaired) electrons. The van der Waals surface area contributed by atoms with Gasteiger partial charge in [-0.3, -0.25) is 19.5 Å². The molecule has 2 aliphatic rings. The zero-order valence-corrected chi connectivity index (χ0v) is 16.1. The normalized spacial score (nSPS) is 20.8. The summed E-state index contributed by atoms with van der Waals surface area (Å²) in [4.78, 5) is 36.6. The highest BCUT2D eigenvalue weighted by atomic mass is 32.1. The Bertz CT molecular complexity index is 773. The molecular weight excluding hydrogens is 360 g/mol. The summed E-state index contributed by atoms with van der Waals surface area (Å²) in [6.07, 6.45) is 5.30. The molecule has 6 nitrogen and oxygen atoms in total. The van der Waals surface area contributed by atoms with Crippen molar-refractivity contribution in [3.05, 3.63) is 52.5 Å². The molecular formula is C20H24N4O2S. The van der Waals surface area contributed by atoms with E-state index in [4.69, 9.17) is 0 Å². The Balaban J connectivity index is 1.34. The van der Waals surface area contributed by atoms with Crippen molar-refractivity contribution in [3.63, 3.8) is 0 Å². The van der Waals surface area contributed by atoms with Crippen molar-refractivity contribution in [2.24, 2.45) is 0 Å². The quantitative estimate of drug-likeness (QED) is 0.810. The van der Waals surface area contributed by atoms with E-state index in [2.05, 4.69) is 9.88 Å². The lowest BCUT2D eigenvalue weighted by Crippen LogP contribution is -2.54. The van der Waals surface area contributed by atoms with Gasteiger partial charge in [0.25, 0.3) is 5.91 Å². The second-order valence-electron chi connectivity index (χ2n) is 7.09. The second kappa shape index (κ2) is 8.19. The van der Waals surface area contributed by atoms with E-state index in [1.807, 2.05) is 46.9 Å². The first-order chi connectivity index (χ1) is 13.2. The zero-order chi connectivity index (χ0) is 18.6. The molecule has 1 unspecified atom stereocenters. The fraction of sp³-hybridized carbons (Fsp3) is 0.450. The minimum absolute atomic E-state index is 0.00262. The lowest BCUT2D eigenvalue weighted by atomic mass is 10.1. The van der Waals surface area contributed by atoms with Gasteiger partial charge in [0.1, 0.15) is 6.04 Å². The van der Waals surface area contributed by atoms with Crippen LogP contribution in [-0.4, -0.2) is 70.3 Å². The van der Waals surface area contributed by atoms with Gasteiger partial charge in [-0.15, -0.1) is 11.3 Å². The van der Waals surface area contributed by atoms with E-state index < -0.39 is 0 Å². The zero-order valence-electron chi connectivity index (χ0n) is 15.3. The summed E-state index contributed by atoms with van der Waals surface area (Å²) in [5.41, 5.74) is 1.24. The minimum atomic E-state index is -0.300. The van der Waals surface area contributed by atoms with Crippen molar-refractivity contribution in [2.75, 3.05) is 32.7 Å². The Labute approximate surface area is 163 Å². The minimum Gasteiger partial charge on any atom is -0.338 e. The van der Waals surface area contributed by atoms with Gasteiger partial charge in [-0.1, -0.05) is 6.07 Å². The maximum Gasteiger partial charge on any atom is 0.264 e. The fourth-order valence-electron chi connectivity index (χ4n) is 3.89. The third-order valence-corrected chi connectivity index (χ3v) is 6.23. The van der Waals surface area contributed by atoms with Gasteiger partial charge in [0, 0.05) is 51.7 Å². The van der Waals surface area contributed by atoms with Crippen LogP contribution in [0.5, 0.6) is 0 Å². The molecule has 0 spiro atoms. The third-order valence-electron chi connectivity index (χ3n) is 5.37. The number of rotatable bonds is 4. The van der Waals surface area contributed by atoms with E-state index in [1.165, 1.54) is 16.9 Å². The molecule has 4 rings (SSSR count). The van der Waals surface area contributed by atoms with Crippen LogP contribution in [0.1, 0.15) is 28.1 Å².